The molecule has 2 aromatic heterocycles. The summed E-state index contributed by atoms with van der Waals surface area (Å²) in [6.45, 7) is 26.1. The van der Waals surface area contributed by atoms with Crippen molar-refractivity contribution < 1.29 is 30.3 Å². The number of pyridine rings is 1. The van der Waals surface area contributed by atoms with Gasteiger partial charge in [-0.1, -0.05) is 204 Å². The SMILES string of the molecule is [2H]C([2H])([2H])c1cc(-c2ccc(C(C)(C)C)cc2)c(-n2c(-c3cc(C(C)C)cc(C(C)C)c3O)nc3c(-c4[c-]c(-c5cc(-c6ccc(C(C)(C)C)cc6)ccn5)cc(C(C)(C)C)c4)cccc32)cc1-c1ccccc1.[Pt]. The Balaban J connectivity index is 0.00000747. The number of hydrogen-bond acceptors (Lipinski definition) is 3. The van der Waals surface area contributed by atoms with Gasteiger partial charge < -0.3 is 5.11 Å². The van der Waals surface area contributed by atoms with Crippen molar-refractivity contribution in [1.29, 1.82) is 0 Å². The first-order valence-electron chi connectivity index (χ1n) is 26.7. The molecule has 0 aliphatic heterocycles. The van der Waals surface area contributed by atoms with Crippen LogP contribution in [0.4, 0.5) is 0 Å². The number of para-hydroxylation sites is 1. The third-order valence-electron chi connectivity index (χ3n) is 14.0. The van der Waals surface area contributed by atoms with Gasteiger partial charge in [-0.3, -0.25) is 9.55 Å². The van der Waals surface area contributed by atoms with Crippen LogP contribution < -0.4 is 0 Å². The van der Waals surface area contributed by atoms with E-state index in [1.807, 2.05) is 48.7 Å². The van der Waals surface area contributed by atoms with Crippen molar-refractivity contribution in [2.75, 3.05) is 0 Å². The Morgan fingerprint density at radius 3 is 1.75 bits per heavy atom. The van der Waals surface area contributed by atoms with Gasteiger partial charge in [0.15, 0.2) is 0 Å². The molecular formula is C67H70N3OPt-. The summed E-state index contributed by atoms with van der Waals surface area (Å²) in [6, 6.07) is 53.9. The number of imidazole rings is 1. The standard InChI is InChI=1S/C67H70N3O.Pt/c1-41(2)48-37-55(42(3)4)63(71)58(38-48)64-69-62-54(49-34-50(36-53(35-49)67(12,13)14)59-39-47(31-32-68-59)44-23-27-51(28-24-44)65(6,7)8)21-18-22-60(62)70(64)61-40-56(45-19-16-15-17-20-45)43(5)33-57(61)46-25-29-52(30-26-46)66(9,10)11;/h15-33,35-42,71H,1-14H3;/q-1;/i5D3;. The maximum absolute atomic E-state index is 12.6. The van der Waals surface area contributed by atoms with Crippen molar-refractivity contribution in [3.05, 3.63) is 191 Å². The van der Waals surface area contributed by atoms with Gasteiger partial charge in [0.2, 0.25) is 0 Å². The average molecular weight is 1130 g/mol. The molecule has 0 bridgehead atoms. The summed E-state index contributed by atoms with van der Waals surface area (Å²) in [5, 5.41) is 12.6. The van der Waals surface area contributed by atoms with Crippen LogP contribution in [0.3, 0.4) is 0 Å². The molecule has 0 spiro atoms. The number of aromatic hydroxyl groups is 1. The molecule has 0 atom stereocenters. The Morgan fingerprint density at radius 2 is 1.15 bits per heavy atom. The molecule has 9 rings (SSSR count). The van der Waals surface area contributed by atoms with E-state index in [9.17, 15) is 5.11 Å². The smallest absolute Gasteiger partial charge is 0.148 e. The Morgan fingerprint density at radius 1 is 0.542 bits per heavy atom. The fraction of sp³-hybridized carbons (Fsp3) is 0.284. The van der Waals surface area contributed by atoms with Gasteiger partial charge >= 0.3 is 0 Å². The molecular weight excluding hydrogens is 1060 g/mol. The summed E-state index contributed by atoms with van der Waals surface area (Å²) >= 11 is 0. The third kappa shape index (κ3) is 10.3. The number of nitrogens with zero attached hydrogens (tertiary/aromatic N) is 3. The molecule has 1 N–H and O–H groups in total. The largest absolute Gasteiger partial charge is 0.507 e. The molecule has 0 fully saturated rings. The summed E-state index contributed by atoms with van der Waals surface area (Å²) < 4.78 is 29.1. The van der Waals surface area contributed by atoms with E-state index in [4.69, 9.17) is 14.1 Å². The number of aryl methyl sites for hydroxylation is 1. The summed E-state index contributed by atoms with van der Waals surface area (Å²) in [5.41, 5.74) is 16.9. The van der Waals surface area contributed by atoms with Crippen LogP contribution in [0.2, 0.25) is 0 Å². The van der Waals surface area contributed by atoms with E-state index < -0.39 is 6.85 Å². The van der Waals surface area contributed by atoms with Crippen LogP contribution >= 0.6 is 0 Å². The number of benzene rings is 7. The van der Waals surface area contributed by atoms with E-state index in [0.29, 0.717) is 22.5 Å². The summed E-state index contributed by atoms with van der Waals surface area (Å²) in [7, 11) is 0. The Bertz CT molecular complexity index is 3530. The van der Waals surface area contributed by atoms with Crippen molar-refractivity contribution in [3.8, 4) is 78.6 Å². The maximum Gasteiger partial charge on any atom is 0.148 e. The Kier molecular flexibility index (Phi) is 13.3. The van der Waals surface area contributed by atoms with Gasteiger partial charge in [0.1, 0.15) is 11.6 Å². The van der Waals surface area contributed by atoms with Crippen LogP contribution in [-0.4, -0.2) is 19.6 Å². The fourth-order valence-electron chi connectivity index (χ4n) is 9.58. The van der Waals surface area contributed by atoms with Crippen LogP contribution in [0.15, 0.2) is 152 Å². The molecule has 72 heavy (non-hydrogen) atoms. The topological polar surface area (TPSA) is 50.9 Å². The number of hydrogen-bond donors (Lipinski definition) is 1. The van der Waals surface area contributed by atoms with Crippen LogP contribution in [0.25, 0.3) is 83.9 Å². The molecule has 9 aromatic rings. The van der Waals surface area contributed by atoms with Crippen molar-refractivity contribution in [1.82, 2.24) is 14.5 Å². The van der Waals surface area contributed by atoms with E-state index in [1.54, 1.807) is 0 Å². The molecule has 5 heteroatoms. The number of phenolic OH excluding ortho intramolecular Hbond substituents is 1. The van der Waals surface area contributed by atoms with E-state index in [-0.39, 0.29) is 60.5 Å². The molecule has 0 radical (unpaired) electrons. The van der Waals surface area contributed by atoms with Crippen molar-refractivity contribution >= 4 is 11.0 Å². The normalized spacial score (nSPS) is 13.0. The molecule has 4 nitrogen and oxygen atoms in total. The first-order chi connectivity index (χ1) is 34.8. The summed E-state index contributed by atoms with van der Waals surface area (Å²) in [4.78, 5) is 10.6. The van der Waals surface area contributed by atoms with Crippen LogP contribution in [0.1, 0.15) is 139 Å². The van der Waals surface area contributed by atoms with Crippen LogP contribution in [0, 0.1) is 12.9 Å². The number of phenols is 1. The predicted octanol–water partition coefficient (Wildman–Crippen LogP) is 18.4. The van der Waals surface area contributed by atoms with E-state index in [1.165, 1.54) is 11.1 Å². The van der Waals surface area contributed by atoms with Gasteiger partial charge in [-0.25, -0.2) is 4.98 Å². The molecule has 370 valence electrons. The van der Waals surface area contributed by atoms with Crippen LogP contribution in [0.5, 0.6) is 5.75 Å². The fourth-order valence-corrected chi connectivity index (χ4v) is 9.58. The van der Waals surface area contributed by atoms with E-state index in [2.05, 4.69) is 204 Å². The second-order valence-electron chi connectivity index (χ2n) is 23.1. The van der Waals surface area contributed by atoms with Gasteiger partial charge in [0, 0.05) is 42.6 Å². The summed E-state index contributed by atoms with van der Waals surface area (Å²) in [6.07, 6.45) is 1.88. The zero-order valence-electron chi connectivity index (χ0n) is 47.2. The molecule has 0 unspecified atom stereocenters. The average Bonchev–Trinajstić information content (AvgIpc) is 3.74. The maximum atomic E-state index is 12.6. The van der Waals surface area contributed by atoms with Crippen molar-refractivity contribution in [2.24, 2.45) is 0 Å². The second-order valence-corrected chi connectivity index (χ2v) is 23.1. The van der Waals surface area contributed by atoms with Gasteiger partial charge in [-0.15, -0.1) is 29.3 Å². The van der Waals surface area contributed by atoms with Gasteiger partial charge in [0.05, 0.1) is 22.3 Å². The number of aromatic nitrogens is 3. The second kappa shape index (κ2) is 19.9. The molecule has 0 saturated carbocycles. The molecule has 0 aliphatic carbocycles. The van der Waals surface area contributed by atoms with Crippen molar-refractivity contribution in [3.63, 3.8) is 0 Å². The van der Waals surface area contributed by atoms with Crippen LogP contribution in [-0.2, 0) is 37.3 Å². The van der Waals surface area contributed by atoms with Gasteiger partial charge in [0.25, 0.3) is 0 Å². The third-order valence-corrected chi connectivity index (χ3v) is 14.0. The van der Waals surface area contributed by atoms with E-state index in [0.717, 1.165) is 78.1 Å². The Hall–Kier alpha value is -6.35. The Labute approximate surface area is 448 Å². The molecule has 0 saturated heterocycles. The summed E-state index contributed by atoms with van der Waals surface area (Å²) in [5.74, 6) is 0.887. The van der Waals surface area contributed by atoms with Crippen molar-refractivity contribution in [2.45, 2.75) is 125 Å². The molecule has 2 heterocycles. The van der Waals surface area contributed by atoms with E-state index >= 15 is 0 Å². The zero-order valence-corrected chi connectivity index (χ0v) is 46.5. The molecule has 7 aromatic carbocycles. The predicted molar refractivity (Wildman–Crippen MR) is 301 cm³/mol. The number of rotatable bonds is 9. The minimum atomic E-state index is -2.44. The minimum absolute atomic E-state index is 0. The quantitative estimate of drug-likeness (QED) is 0.147. The first kappa shape index (κ1) is 47.9. The van der Waals surface area contributed by atoms with Gasteiger partial charge in [-0.05, 0) is 121 Å². The van der Waals surface area contributed by atoms with Gasteiger partial charge in [-0.2, -0.15) is 0 Å². The zero-order chi connectivity index (χ0) is 53.2. The number of fused-ring (bicyclic) bond motifs is 1. The first-order valence-corrected chi connectivity index (χ1v) is 25.2. The minimum Gasteiger partial charge on any atom is -0.507 e. The molecule has 0 amide bonds. The monoisotopic (exact) mass is 1130 g/mol. The molecule has 0 aliphatic rings.